The van der Waals surface area contributed by atoms with Crippen LogP contribution in [0.5, 0.6) is 0 Å². The van der Waals surface area contributed by atoms with Gasteiger partial charge in [-0.3, -0.25) is 0 Å². The summed E-state index contributed by atoms with van der Waals surface area (Å²) in [5, 5.41) is 9.31. The number of para-hydroxylation sites is 6. The third-order valence-corrected chi connectivity index (χ3v) is 21.3. The fraction of sp³-hybridized carbons (Fsp3) is 0. The summed E-state index contributed by atoms with van der Waals surface area (Å²) in [6.45, 7) is 0. The van der Waals surface area contributed by atoms with Crippen molar-refractivity contribution >= 4 is 87.5 Å². The van der Waals surface area contributed by atoms with Gasteiger partial charge in [-0.1, -0.05) is 309 Å². The Hall–Kier alpha value is -15.3. The smallest absolute Gasteiger partial charge is 0.164 e. The molecule has 10 heteroatoms. The molecule has 0 spiro atoms. The van der Waals surface area contributed by atoms with Crippen molar-refractivity contribution in [3.05, 3.63) is 388 Å². The second-order valence-corrected chi connectivity index (χ2v) is 28.0. The predicted molar refractivity (Wildman–Crippen MR) is 457 cm³/mol. The van der Waals surface area contributed by atoms with Crippen LogP contribution in [-0.2, 0) is 0 Å². The summed E-state index contributed by atoms with van der Waals surface area (Å²) in [6.07, 6.45) is 0. The molecule has 6 heterocycles. The fourth-order valence-electron chi connectivity index (χ4n) is 16.0. The summed E-state index contributed by atoms with van der Waals surface area (Å²) in [4.78, 5) is 29.9. The van der Waals surface area contributed by atoms with Crippen molar-refractivity contribution in [2.45, 2.75) is 0 Å². The molecule has 0 radical (unpaired) electrons. The van der Waals surface area contributed by atoms with Crippen molar-refractivity contribution < 1.29 is 8.83 Å². The lowest BCUT2D eigenvalue weighted by molar-refractivity contribution is 0.669. The molecular formula is C102H64N8O2. The van der Waals surface area contributed by atoms with Crippen molar-refractivity contribution in [2.24, 2.45) is 0 Å². The van der Waals surface area contributed by atoms with Crippen LogP contribution in [0.25, 0.3) is 212 Å². The molecule has 0 amide bonds. The summed E-state index contributed by atoms with van der Waals surface area (Å²) < 4.78 is 17.6. The molecule has 0 bridgehead atoms. The zero-order valence-corrected chi connectivity index (χ0v) is 60.3. The number of hydrogen-bond acceptors (Lipinski definition) is 8. The Kier molecular flexibility index (Phi) is 16.0. The van der Waals surface area contributed by atoms with Crippen LogP contribution in [-0.4, -0.2) is 39.0 Å². The van der Waals surface area contributed by atoms with Crippen molar-refractivity contribution in [1.29, 1.82) is 0 Å². The molecule has 22 rings (SSSR count). The van der Waals surface area contributed by atoms with E-state index in [1.54, 1.807) is 0 Å². The topological polar surface area (TPSA) is 113 Å². The molecule has 16 aromatic carbocycles. The van der Waals surface area contributed by atoms with Gasteiger partial charge in [0.2, 0.25) is 0 Å². The van der Waals surface area contributed by atoms with Crippen molar-refractivity contribution in [2.75, 3.05) is 0 Å². The van der Waals surface area contributed by atoms with E-state index in [-0.39, 0.29) is 0 Å². The van der Waals surface area contributed by atoms with Gasteiger partial charge in [-0.05, 0) is 112 Å². The first-order chi connectivity index (χ1) is 55.5. The van der Waals surface area contributed by atoms with Gasteiger partial charge in [0.1, 0.15) is 22.3 Å². The zero-order valence-electron chi connectivity index (χ0n) is 60.3. The van der Waals surface area contributed by atoms with Gasteiger partial charge in [0.25, 0.3) is 0 Å². The van der Waals surface area contributed by atoms with Crippen molar-refractivity contribution in [1.82, 2.24) is 39.0 Å². The lowest BCUT2D eigenvalue weighted by atomic mass is 9.98. The largest absolute Gasteiger partial charge is 0.455 e. The Morgan fingerprint density at radius 1 is 0.170 bits per heavy atom. The molecular weight excluding hydrogens is 1370 g/mol. The quantitative estimate of drug-likeness (QED) is 0.119. The van der Waals surface area contributed by atoms with E-state index in [1.807, 2.05) is 152 Å². The molecule has 524 valence electrons. The number of furan rings is 2. The molecule has 112 heavy (non-hydrogen) atoms. The van der Waals surface area contributed by atoms with E-state index >= 15 is 0 Å². The summed E-state index contributed by atoms with van der Waals surface area (Å²) in [6, 6.07) is 135. The molecule has 0 fully saturated rings. The average molecular weight is 1430 g/mol. The van der Waals surface area contributed by atoms with Gasteiger partial charge in [0.05, 0.1) is 22.1 Å². The number of benzene rings is 16. The number of rotatable bonds is 12. The lowest BCUT2D eigenvalue weighted by Gasteiger charge is -2.14. The Bertz CT molecular complexity index is 7260. The zero-order chi connectivity index (χ0) is 74.0. The van der Waals surface area contributed by atoms with Gasteiger partial charge in [0, 0.05) is 99.0 Å². The van der Waals surface area contributed by atoms with E-state index in [0.717, 1.165) is 155 Å². The van der Waals surface area contributed by atoms with Gasteiger partial charge >= 0.3 is 0 Å². The third-order valence-electron chi connectivity index (χ3n) is 21.3. The third kappa shape index (κ3) is 11.6. The van der Waals surface area contributed by atoms with Crippen LogP contribution in [0.3, 0.4) is 0 Å². The minimum absolute atomic E-state index is 0.627. The van der Waals surface area contributed by atoms with E-state index < -0.39 is 0 Å². The van der Waals surface area contributed by atoms with Crippen LogP contribution in [0.4, 0.5) is 0 Å². The maximum Gasteiger partial charge on any atom is 0.164 e. The van der Waals surface area contributed by atoms with Gasteiger partial charge in [-0.15, -0.1) is 0 Å². The van der Waals surface area contributed by atoms with E-state index in [9.17, 15) is 0 Å². The minimum atomic E-state index is 0.627. The maximum absolute atomic E-state index is 6.45. The highest BCUT2D eigenvalue weighted by molar-refractivity contribution is 6.15. The molecule has 0 N–H and O–H groups in total. The van der Waals surface area contributed by atoms with Crippen molar-refractivity contribution in [3.63, 3.8) is 0 Å². The summed E-state index contributed by atoms with van der Waals surface area (Å²) in [5.41, 5.74) is 24.8. The van der Waals surface area contributed by atoms with Crippen LogP contribution in [0.2, 0.25) is 0 Å². The number of hydrogen-bond donors (Lipinski definition) is 0. The molecule has 6 aromatic heterocycles. The minimum Gasteiger partial charge on any atom is -0.455 e. The van der Waals surface area contributed by atoms with E-state index in [2.05, 4.69) is 246 Å². The van der Waals surface area contributed by atoms with Crippen LogP contribution >= 0.6 is 0 Å². The Labute approximate surface area is 643 Å². The monoisotopic (exact) mass is 1430 g/mol. The molecule has 10 nitrogen and oxygen atoms in total. The second-order valence-electron chi connectivity index (χ2n) is 28.0. The predicted octanol–water partition coefficient (Wildman–Crippen LogP) is 26.4. The summed E-state index contributed by atoms with van der Waals surface area (Å²) in [5.74, 6) is 3.83. The normalized spacial score (nSPS) is 11.6. The molecule has 0 saturated heterocycles. The Balaban J connectivity index is 0.000000141. The SMILES string of the molecule is c1ccc(-c2nc(-c3ccccc3)nc(-c3cccc(-c4ccc(-n5c6ccccc6c6cc(-c7cccc8c7oc7ccccc78)ccc65)cc4)c3)n2)cc1.c1ccc(-c2nc(-c3ccccc3)nc(-c3ccccc3-c3cccc(-n4c5ccccc5c5cc(-c6cccc7c6oc6ccccc67)ccc54)c3)n2)cc1. The lowest BCUT2D eigenvalue weighted by Crippen LogP contribution is -2.01. The Morgan fingerprint density at radius 3 is 1.00 bits per heavy atom. The van der Waals surface area contributed by atoms with Crippen molar-refractivity contribution in [3.8, 4) is 124 Å². The van der Waals surface area contributed by atoms with Gasteiger partial charge in [-0.25, -0.2) is 29.9 Å². The average Bonchev–Trinajstić information content (AvgIpc) is 1.58. The van der Waals surface area contributed by atoms with Crippen LogP contribution in [0.1, 0.15) is 0 Å². The van der Waals surface area contributed by atoms with Crippen LogP contribution in [0, 0.1) is 0 Å². The molecule has 0 aliphatic rings. The van der Waals surface area contributed by atoms with Gasteiger partial charge in [0.15, 0.2) is 34.9 Å². The molecule has 0 saturated carbocycles. The highest BCUT2D eigenvalue weighted by atomic mass is 16.3. The van der Waals surface area contributed by atoms with E-state index in [4.69, 9.17) is 38.7 Å². The molecule has 0 aliphatic carbocycles. The molecule has 0 aliphatic heterocycles. The van der Waals surface area contributed by atoms with Gasteiger partial charge in [-0.2, -0.15) is 0 Å². The van der Waals surface area contributed by atoms with Crippen LogP contribution in [0.15, 0.2) is 397 Å². The summed E-state index contributed by atoms with van der Waals surface area (Å²) >= 11 is 0. The van der Waals surface area contributed by atoms with E-state index in [0.29, 0.717) is 34.9 Å². The highest BCUT2D eigenvalue weighted by Crippen LogP contribution is 2.44. The number of nitrogens with zero attached hydrogens (tertiary/aromatic N) is 8. The Morgan fingerprint density at radius 2 is 0.500 bits per heavy atom. The highest BCUT2D eigenvalue weighted by Gasteiger charge is 2.23. The first kappa shape index (κ1) is 65.1. The first-order valence-corrected chi connectivity index (χ1v) is 37.5. The standard InChI is InChI=1S/2C51H32N4O/c1-3-13-34(14-4-1)49-52-50(35-15-5-2-6-16-35)54-51(53-49)38-18-11-17-36(31-38)33-25-28-39(29-26-33)55-45-23-9-7-19-41(45)44-32-37(27-30-46(44)55)40-21-12-22-43-42-20-8-10-24-47(42)56-48(40)43;1-3-15-33(16-4-1)49-52-50(34-17-5-2-6-18-34)54-51(53-49)43-24-8-7-21-38(43)35-19-13-20-37(31-35)55-45-27-11-9-22-40(45)44-32-36(29-30-46(44)55)39-25-14-26-42-41-23-10-12-28-47(41)56-48(39)42/h2*1-32H. The maximum atomic E-state index is 6.45. The number of fused-ring (bicyclic) bond motifs is 12. The van der Waals surface area contributed by atoms with E-state index in [1.165, 1.54) is 21.5 Å². The number of aromatic nitrogens is 8. The summed E-state index contributed by atoms with van der Waals surface area (Å²) in [7, 11) is 0. The van der Waals surface area contributed by atoms with Crippen LogP contribution < -0.4 is 0 Å². The second kappa shape index (κ2) is 27.5. The van der Waals surface area contributed by atoms with Gasteiger partial charge < -0.3 is 18.0 Å². The molecule has 22 aromatic rings. The first-order valence-electron chi connectivity index (χ1n) is 37.5. The molecule has 0 atom stereocenters. The fourth-order valence-corrected chi connectivity index (χ4v) is 16.0. The molecule has 0 unspecified atom stereocenters.